The van der Waals surface area contributed by atoms with Gasteiger partial charge in [-0.1, -0.05) is 31.0 Å². The fourth-order valence-corrected chi connectivity index (χ4v) is 4.69. The van der Waals surface area contributed by atoms with E-state index in [1.54, 1.807) is 18.2 Å². The summed E-state index contributed by atoms with van der Waals surface area (Å²) in [6.45, 7) is -0.156. The SMILES string of the molecule is NCc1ccccc1S(=O)(=O)N(CC(N)=O)C1CCCC1. The van der Waals surface area contributed by atoms with Gasteiger partial charge < -0.3 is 11.5 Å². The Hall–Kier alpha value is -1.44. The van der Waals surface area contributed by atoms with Crippen LogP contribution in [0.4, 0.5) is 0 Å². The molecule has 1 aliphatic carbocycles. The molecule has 1 saturated carbocycles. The summed E-state index contributed by atoms with van der Waals surface area (Å²) in [4.78, 5) is 11.5. The lowest BCUT2D eigenvalue weighted by molar-refractivity contribution is -0.118. The number of carbonyl (C=O) groups excluding carboxylic acids is 1. The number of hydrogen-bond donors (Lipinski definition) is 2. The highest BCUT2D eigenvalue weighted by atomic mass is 32.2. The molecule has 0 saturated heterocycles. The van der Waals surface area contributed by atoms with E-state index in [0.717, 1.165) is 25.7 Å². The van der Waals surface area contributed by atoms with E-state index in [1.165, 1.54) is 10.4 Å². The summed E-state index contributed by atoms with van der Waals surface area (Å²) in [6.07, 6.45) is 3.45. The summed E-state index contributed by atoms with van der Waals surface area (Å²) in [5.41, 5.74) is 11.4. The lowest BCUT2D eigenvalue weighted by Crippen LogP contribution is -2.44. The van der Waals surface area contributed by atoms with Gasteiger partial charge in [-0.05, 0) is 24.5 Å². The number of rotatable bonds is 6. The maximum atomic E-state index is 12.9. The smallest absolute Gasteiger partial charge is 0.244 e. The minimum Gasteiger partial charge on any atom is -0.369 e. The van der Waals surface area contributed by atoms with Crippen molar-refractivity contribution in [3.63, 3.8) is 0 Å². The molecule has 1 aromatic carbocycles. The number of primary amides is 1. The van der Waals surface area contributed by atoms with E-state index in [4.69, 9.17) is 11.5 Å². The number of sulfonamides is 1. The molecule has 21 heavy (non-hydrogen) atoms. The van der Waals surface area contributed by atoms with Gasteiger partial charge in [0.2, 0.25) is 15.9 Å². The maximum Gasteiger partial charge on any atom is 0.244 e. The highest BCUT2D eigenvalue weighted by Gasteiger charge is 2.35. The second-order valence-corrected chi connectivity index (χ2v) is 7.13. The third-order valence-corrected chi connectivity index (χ3v) is 5.82. The molecule has 1 aromatic rings. The van der Waals surface area contributed by atoms with Crippen molar-refractivity contribution in [1.82, 2.24) is 4.31 Å². The van der Waals surface area contributed by atoms with Gasteiger partial charge in [-0.3, -0.25) is 4.79 Å². The van der Waals surface area contributed by atoms with E-state index >= 15 is 0 Å². The minimum absolute atomic E-state index is 0.129. The largest absolute Gasteiger partial charge is 0.369 e. The molecule has 0 radical (unpaired) electrons. The first-order valence-corrected chi connectivity index (χ1v) is 8.49. The Morgan fingerprint density at radius 1 is 1.24 bits per heavy atom. The molecule has 1 amide bonds. The number of amides is 1. The molecule has 2 rings (SSSR count). The molecular weight excluding hydrogens is 290 g/mol. The Bertz CT molecular complexity index is 610. The van der Waals surface area contributed by atoms with Gasteiger partial charge in [-0.2, -0.15) is 4.31 Å². The molecule has 0 atom stereocenters. The monoisotopic (exact) mass is 311 g/mol. The predicted molar refractivity (Wildman–Crippen MR) is 79.7 cm³/mol. The summed E-state index contributed by atoms with van der Waals surface area (Å²) in [5.74, 6) is -0.643. The van der Waals surface area contributed by atoms with Crippen LogP contribution in [-0.4, -0.2) is 31.2 Å². The van der Waals surface area contributed by atoms with Crippen LogP contribution in [0.25, 0.3) is 0 Å². The molecule has 0 aromatic heterocycles. The molecule has 0 heterocycles. The van der Waals surface area contributed by atoms with Crippen molar-refractivity contribution >= 4 is 15.9 Å². The van der Waals surface area contributed by atoms with Crippen LogP contribution in [0.3, 0.4) is 0 Å². The summed E-state index contributed by atoms with van der Waals surface area (Å²) >= 11 is 0. The zero-order valence-electron chi connectivity index (χ0n) is 11.9. The van der Waals surface area contributed by atoms with Crippen molar-refractivity contribution < 1.29 is 13.2 Å². The van der Waals surface area contributed by atoms with Gasteiger partial charge in [0.1, 0.15) is 0 Å². The normalized spacial score (nSPS) is 16.5. The zero-order chi connectivity index (χ0) is 15.5. The third-order valence-electron chi connectivity index (χ3n) is 3.82. The number of carbonyl (C=O) groups is 1. The molecule has 1 fully saturated rings. The third kappa shape index (κ3) is 3.42. The Morgan fingerprint density at radius 3 is 2.43 bits per heavy atom. The van der Waals surface area contributed by atoms with Gasteiger partial charge in [0.15, 0.2) is 0 Å². The Morgan fingerprint density at radius 2 is 1.86 bits per heavy atom. The average Bonchev–Trinajstić information content (AvgIpc) is 2.98. The fourth-order valence-electron chi connectivity index (χ4n) is 2.81. The number of benzene rings is 1. The van der Waals surface area contributed by atoms with Crippen molar-refractivity contribution in [3.8, 4) is 0 Å². The Balaban J connectivity index is 2.43. The minimum atomic E-state index is -3.77. The van der Waals surface area contributed by atoms with Crippen molar-refractivity contribution in [3.05, 3.63) is 29.8 Å². The lowest BCUT2D eigenvalue weighted by Gasteiger charge is -2.27. The second-order valence-electron chi connectivity index (χ2n) is 5.27. The molecule has 0 unspecified atom stereocenters. The van der Waals surface area contributed by atoms with Crippen LogP contribution in [-0.2, 0) is 21.4 Å². The molecule has 116 valence electrons. The Labute approximate surface area is 125 Å². The van der Waals surface area contributed by atoms with Crippen molar-refractivity contribution in [2.24, 2.45) is 11.5 Å². The van der Waals surface area contributed by atoms with Crippen LogP contribution in [0.15, 0.2) is 29.2 Å². The van der Waals surface area contributed by atoms with Crippen LogP contribution < -0.4 is 11.5 Å². The first-order valence-electron chi connectivity index (χ1n) is 7.05. The van der Waals surface area contributed by atoms with Crippen LogP contribution in [0, 0.1) is 0 Å². The predicted octanol–water partition coefficient (Wildman–Crippen LogP) is 0.564. The average molecular weight is 311 g/mol. The summed E-state index contributed by atoms with van der Waals surface area (Å²) in [6, 6.07) is 6.45. The zero-order valence-corrected chi connectivity index (χ0v) is 12.7. The standard InChI is InChI=1S/C14H21N3O3S/c15-9-11-5-1-4-8-13(11)21(19,20)17(10-14(16)18)12-6-2-3-7-12/h1,4-5,8,12H,2-3,6-7,9-10,15H2,(H2,16,18). The second kappa shape index (κ2) is 6.55. The van der Waals surface area contributed by atoms with Crippen LogP contribution in [0.2, 0.25) is 0 Å². The van der Waals surface area contributed by atoms with Crippen molar-refractivity contribution in [2.75, 3.05) is 6.54 Å². The van der Waals surface area contributed by atoms with Gasteiger partial charge in [-0.15, -0.1) is 0 Å². The number of hydrogen-bond acceptors (Lipinski definition) is 4. The molecule has 6 nitrogen and oxygen atoms in total. The summed E-state index contributed by atoms with van der Waals surface area (Å²) < 4.78 is 27.0. The van der Waals surface area contributed by atoms with E-state index in [1.807, 2.05) is 0 Å². The van der Waals surface area contributed by atoms with Gasteiger partial charge in [0, 0.05) is 12.6 Å². The van der Waals surface area contributed by atoms with Gasteiger partial charge >= 0.3 is 0 Å². The summed E-state index contributed by atoms with van der Waals surface area (Å²) in [7, 11) is -3.77. The first kappa shape index (κ1) is 15.9. The first-order chi connectivity index (χ1) is 9.96. The van der Waals surface area contributed by atoms with Crippen LogP contribution >= 0.6 is 0 Å². The quantitative estimate of drug-likeness (QED) is 0.800. The van der Waals surface area contributed by atoms with Crippen molar-refractivity contribution in [2.45, 2.75) is 43.2 Å². The molecular formula is C14H21N3O3S. The van der Waals surface area contributed by atoms with Gasteiger partial charge in [-0.25, -0.2) is 8.42 Å². The fraction of sp³-hybridized carbons (Fsp3) is 0.500. The summed E-state index contributed by atoms with van der Waals surface area (Å²) in [5, 5.41) is 0. The molecule has 7 heteroatoms. The van der Waals surface area contributed by atoms with E-state index in [-0.39, 0.29) is 24.0 Å². The number of nitrogens with zero attached hydrogens (tertiary/aromatic N) is 1. The molecule has 0 bridgehead atoms. The van der Waals surface area contributed by atoms with E-state index in [2.05, 4.69) is 0 Å². The topological polar surface area (TPSA) is 106 Å². The molecule has 4 N–H and O–H groups in total. The maximum absolute atomic E-state index is 12.9. The molecule has 0 aliphatic heterocycles. The Kier molecular flexibility index (Phi) is 4.97. The molecule has 0 spiro atoms. The number of nitrogens with two attached hydrogens (primary N) is 2. The van der Waals surface area contributed by atoms with Crippen LogP contribution in [0.1, 0.15) is 31.2 Å². The highest BCUT2D eigenvalue weighted by molar-refractivity contribution is 7.89. The van der Waals surface area contributed by atoms with Crippen molar-refractivity contribution in [1.29, 1.82) is 0 Å². The van der Waals surface area contributed by atoms with E-state index in [9.17, 15) is 13.2 Å². The van der Waals surface area contributed by atoms with Crippen LogP contribution in [0.5, 0.6) is 0 Å². The van der Waals surface area contributed by atoms with Gasteiger partial charge in [0.25, 0.3) is 0 Å². The lowest BCUT2D eigenvalue weighted by atomic mass is 10.2. The molecule has 1 aliphatic rings. The van der Waals surface area contributed by atoms with E-state index in [0.29, 0.717) is 5.56 Å². The highest BCUT2D eigenvalue weighted by Crippen LogP contribution is 2.29. The van der Waals surface area contributed by atoms with Gasteiger partial charge in [0.05, 0.1) is 11.4 Å². The van der Waals surface area contributed by atoms with E-state index < -0.39 is 15.9 Å².